The molecule has 0 radical (unpaired) electrons. The maximum Gasteiger partial charge on any atom is 0.273 e. The molecule has 0 aliphatic heterocycles. The number of hydrogen-bond donors (Lipinski definition) is 4. The van der Waals surface area contributed by atoms with E-state index in [4.69, 9.17) is 21.7 Å². The summed E-state index contributed by atoms with van der Waals surface area (Å²) in [6.07, 6.45) is 2.86. The van der Waals surface area contributed by atoms with Gasteiger partial charge in [0.15, 0.2) is 16.6 Å². The van der Waals surface area contributed by atoms with Crippen LogP contribution in [0.5, 0.6) is 17.2 Å². The normalized spacial score (nSPS) is 10.6. The Morgan fingerprint density at radius 3 is 2.31 bits per heavy atom. The summed E-state index contributed by atoms with van der Waals surface area (Å²) in [6.45, 7) is 0. The van der Waals surface area contributed by atoms with Gasteiger partial charge in [0.2, 0.25) is 5.91 Å². The van der Waals surface area contributed by atoms with Crippen molar-refractivity contribution in [1.82, 2.24) is 16.2 Å². The lowest BCUT2D eigenvalue weighted by atomic mass is 10.1. The molecule has 0 aliphatic rings. The molecule has 0 unspecified atom stereocenters. The van der Waals surface area contributed by atoms with E-state index in [1.54, 1.807) is 30.3 Å². The average molecular weight is 452 g/mol. The monoisotopic (exact) mass is 451 g/mol. The minimum absolute atomic E-state index is 0.0682. The fourth-order valence-corrected chi connectivity index (χ4v) is 3.06. The van der Waals surface area contributed by atoms with Crippen molar-refractivity contribution in [3.05, 3.63) is 71.8 Å². The molecule has 0 saturated heterocycles. The molecule has 0 fully saturated rings. The largest absolute Gasteiger partial charge is 0.507 e. The summed E-state index contributed by atoms with van der Waals surface area (Å²) in [5.74, 6) is -0.166. The number of hydrazine groups is 1. The minimum Gasteiger partial charge on any atom is -0.507 e. The van der Waals surface area contributed by atoms with E-state index in [-0.39, 0.29) is 16.4 Å². The summed E-state index contributed by atoms with van der Waals surface area (Å²) in [4.78, 5) is 24.5. The third-order valence-corrected chi connectivity index (χ3v) is 4.67. The fourth-order valence-electron chi connectivity index (χ4n) is 2.90. The Morgan fingerprint density at radius 2 is 1.62 bits per heavy atom. The number of thiocarbonyl (C=S) groups is 1. The molecule has 0 aliphatic carbocycles. The predicted octanol–water partition coefficient (Wildman–Crippen LogP) is 2.91. The molecule has 0 heterocycles. The van der Waals surface area contributed by atoms with Crippen molar-refractivity contribution in [2.45, 2.75) is 0 Å². The van der Waals surface area contributed by atoms with Gasteiger partial charge in [-0.05, 0) is 58.9 Å². The number of fused-ring (bicyclic) bond motifs is 1. The van der Waals surface area contributed by atoms with Crippen LogP contribution in [0.25, 0.3) is 16.8 Å². The van der Waals surface area contributed by atoms with Crippen molar-refractivity contribution >= 4 is 46.0 Å². The number of hydrogen-bond acceptors (Lipinski definition) is 6. The molecular weight excluding hydrogens is 430 g/mol. The number of aromatic hydroxyl groups is 1. The van der Waals surface area contributed by atoms with E-state index in [1.165, 1.54) is 26.4 Å². The van der Waals surface area contributed by atoms with E-state index in [0.29, 0.717) is 11.5 Å². The third kappa shape index (κ3) is 5.52. The van der Waals surface area contributed by atoms with Crippen LogP contribution in [0.4, 0.5) is 0 Å². The van der Waals surface area contributed by atoms with Gasteiger partial charge in [0.1, 0.15) is 5.75 Å². The van der Waals surface area contributed by atoms with Crippen LogP contribution in [0.15, 0.2) is 60.7 Å². The Balaban J connectivity index is 1.55. The molecule has 0 saturated carbocycles. The Hall–Kier alpha value is -4.11. The van der Waals surface area contributed by atoms with Crippen LogP contribution in [-0.4, -0.2) is 36.3 Å². The maximum absolute atomic E-state index is 12.4. The van der Waals surface area contributed by atoms with Crippen LogP contribution in [0.3, 0.4) is 0 Å². The standard InChI is InChI=1S/C23H21N3O5S/c1-30-19-9-7-14(11-20(19)31-2)8-10-21(28)24-23(32)26-25-22(29)17-12-15-5-3-4-6-16(15)13-18(17)27/h3-13,27H,1-2H3,(H,25,29)(H2,24,26,28,32). The van der Waals surface area contributed by atoms with E-state index >= 15 is 0 Å². The number of phenols is 1. The zero-order chi connectivity index (χ0) is 23.1. The van der Waals surface area contributed by atoms with Crippen LogP contribution in [0.1, 0.15) is 15.9 Å². The molecule has 164 valence electrons. The predicted molar refractivity (Wildman–Crippen MR) is 126 cm³/mol. The van der Waals surface area contributed by atoms with Crippen molar-refractivity contribution in [3.8, 4) is 17.2 Å². The fraction of sp³-hybridized carbons (Fsp3) is 0.0870. The van der Waals surface area contributed by atoms with Gasteiger partial charge in [-0.25, -0.2) is 0 Å². The van der Waals surface area contributed by atoms with Gasteiger partial charge in [-0.1, -0.05) is 30.3 Å². The molecule has 9 heteroatoms. The highest BCUT2D eigenvalue weighted by molar-refractivity contribution is 7.80. The zero-order valence-corrected chi connectivity index (χ0v) is 18.2. The zero-order valence-electron chi connectivity index (χ0n) is 17.3. The SMILES string of the molecule is COc1ccc(C=CC(=O)NC(=S)NNC(=O)c2cc3ccccc3cc2O)cc1OC. The number of carbonyl (C=O) groups is 2. The first-order valence-electron chi connectivity index (χ1n) is 9.44. The molecule has 32 heavy (non-hydrogen) atoms. The van der Waals surface area contributed by atoms with Crippen molar-refractivity contribution in [2.24, 2.45) is 0 Å². The lowest BCUT2D eigenvalue weighted by Crippen LogP contribution is -2.48. The Labute approximate surface area is 189 Å². The van der Waals surface area contributed by atoms with Gasteiger partial charge >= 0.3 is 0 Å². The summed E-state index contributed by atoms with van der Waals surface area (Å²) in [5.41, 5.74) is 5.58. The first kappa shape index (κ1) is 22.6. The smallest absolute Gasteiger partial charge is 0.273 e. The Bertz CT molecular complexity index is 1210. The van der Waals surface area contributed by atoms with E-state index in [0.717, 1.165) is 16.3 Å². The number of amides is 2. The molecular formula is C23H21N3O5S. The van der Waals surface area contributed by atoms with Gasteiger partial charge in [-0.2, -0.15) is 0 Å². The van der Waals surface area contributed by atoms with Gasteiger partial charge < -0.3 is 14.6 Å². The topological polar surface area (TPSA) is 109 Å². The van der Waals surface area contributed by atoms with E-state index in [2.05, 4.69) is 16.2 Å². The van der Waals surface area contributed by atoms with E-state index < -0.39 is 11.8 Å². The van der Waals surface area contributed by atoms with Crippen LogP contribution in [-0.2, 0) is 4.79 Å². The Morgan fingerprint density at radius 1 is 0.938 bits per heavy atom. The van der Waals surface area contributed by atoms with Crippen LogP contribution in [0, 0.1) is 0 Å². The number of phenolic OH excluding ortho intramolecular Hbond substituents is 1. The Kier molecular flexibility index (Phi) is 7.25. The van der Waals surface area contributed by atoms with E-state index in [1.807, 2.05) is 24.3 Å². The van der Waals surface area contributed by atoms with Crippen LogP contribution >= 0.6 is 12.2 Å². The van der Waals surface area contributed by atoms with Crippen LogP contribution < -0.4 is 25.6 Å². The molecule has 8 nitrogen and oxygen atoms in total. The molecule has 0 aromatic heterocycles. The lowest BCUT2D eigenvalue weighted by Gasteiger charge is -2.11. The van der Waals surface area contributed by atoms with Crippen molar-refractivity contribution in [3.63, 3.8) is 0 Å². The van der Waals surface area contributed by atoms with Crippen LogP contribution in [0.2, 0.25) is 0 Å². The first-order valence-corrected chi connectivity index (χ1v) is 9.85. The molecule has 3 aromatic carbocycles. The maximum atomic E-state index is 12.4. The summed E-state index contributed by atoms with van der Waals surface area (Å²) >= 11 is 5.02. The highest BCUT2D eigenvalue weighted by atomic mass is 32.1. The number of ether oxygens (including phenoxy) is 2. The van der Waals surface area contributed by atoms with Crippen molar-refractivity contribution in [1.29, 1.82) is 0 Å². The summed E-state index contributed by atoms with van der Waals surface area (Å²) < 4.78 is 10.4. The van der Waals surface area contributed by atoms with Crippen molar-refractivity contribution in [2.75, 3.05) is 14.2 Å². The number of methoxy groups -OCH3 is 2. The van der Waals surface area contributed by atoms with Crippen molar-refractivity contribution < 1.29 is 24.2 Å². The summed E-state index contributed by atoms with van der Waals surface area (Å²) in [6, 6.07) is 15.6. The van der Waals surface area contributed by atoms with Gasteiger partial charge in [-0.3, -0.25) is 25.8 Å². The highest BCUT2D eigenvalue weighted by Gasteiger charge is 2.13. The van der Waals surface area contributed by atoms with Gasteiger partial charge in [-0.15, -0.1) is 0 Å². The number of nitrogens with one attached hydrogen (secondary N) is 3. The number of benzene rings is 3. The first-order chi connectivity index (χ1) is 15.4. The average Bonchev–Trinajstić information content (AvgIpc) is 2.80. The summed E-state index contributed by atoms with van der Waals surface area (Å²) in [5, 5.41) is 14.0. The molecule has 0 bridgehead atoms. The molecule has 2 amide bonds. The molecule has 4 N–H and O–H groups in total. The second kappa shape index (κ2) is 10.3. The quantitative estimate of drug-likeness (QED) is 0.268. The summed E-state index contributed by atoms with van der Waals surface area (Å²) in [7, 11) is 3.06. The number of rotatable bonds is 5. The second-order valence-electron chi connectivity index (χ2n) is 6.56. The van der Waals surface area contributed by atoms with Gasteiger partial charge in [0.05, 0.1) is 19.8 Å². The minimum atomic E-state index is -0.606. The van der Waals surface area contributed by atoms with Gasteiger partial charge in [0, 0.05) is 6.08 Å². The molecule has 3 rings (SSSR count). The molecule has 0 atom stereocenters. The highest BCUT2D eigenvalue weighted by Crippen LogP contribution is 2.28. The molecule has 0 spiro atoms. The lowest BCUT2D eigenvalue weighted by molar-refractivity contribution is -0.115. The molecule has 3 aromatic rings. The van der Waals surface area contributed by atoms with E-state index in [9.17, 15) is 14.7 Å². The number of carbonyl (C=O) groups excluding carboxylic acids is 2. The third-order valence-electron chi connectivity index (χ3n) is 4.47. The second-order valence-corrected chi connectivity index (χ2v) is 6.97. The van der Waals surface area contributed by atoms with Gasteiger partial charge in [0.25, 0.3) is 5.91 Å².